The SMILES string of the molecule is COc1ccc(NC(=O)N2CCN(c3nc(N)nc4c(C)cnn34)[C@@H](C)C2)c(OC)n1. The van der Waals surface area contributed by atoms with Gasteiger partial charge in [-0.25, -0.2) is 4.79 Å². The number of rotatable bonds is 4. The van der Waals surface area contributed by atoms with Crippen LogP contribution in [0.5, 0.6) is 11.8 Å². The first-order valence-corrected chi connectivity index (χ1v) is 9.80. The van der Waals surface area contributed by atoms with Crippen LogP contribution in [0.3, 0.4) is 0 Å². The molecule has 0 bridgehead atoms. The Kier molecular flexibility index (Phi) is 5.36. The van der Waals surface area contributed by atoms with Crippen molar-refractivity contribution in [3.63, 3.8) is 0 Å². The van der Waals surface area contributed by atoms with Gasteiger partial charge in [-0.15, -0.1) is 0 Å². The van der Waals surface area contributed by atoms with Gasteiger partial charge in [-0.1, -0.05) is 0 Å². The number of nitrogens with zero attached hydrogens (tertiary/aromatic N) is 7. The number of amides is 2. The van der Waals surface area contributed by atoms with E-state index in [1.807, 2.05) is 13.8 Å². The molecule has 3 N–H and O–H groups in total. The Morgan fingerprint density at radius 1 is 1.19 bits per heavy atom. The van der Waals surface area contributed by atoms with Crippen molar-refractivity contribution in [2.45, 2.75) is 19.9 Å². The summed E-state index contributed by atoms with van der Waals surface area (Å²) in [6.45, 7) is 5.50. The number of carbonyl (C=O) groups is 1. The molecule has 1 aliphatic rings. The number of hydrogen-bond donors (Lipinski definition) is 2. The van der Waals surface area contributed by atoms with E-state index in [9.17, 15) is 4.79 Å². The topological polar surface area (TPSA) is 136 Å². The molecule has 4 rings (SSSR count). The first-order chi connectivity index (χ1) is 14.9. The summed E-state index contributed by atoms with van der Waals surface area (Å²) >= 11 is 0. The third-order valence-corrected chi connectivity index (χ3v) is 5.20. The smallest absolute Gasteiger partial charge is 0.322 e. The fraction of sp³-hybridized carbons (Fsp3) is 0.421. The molecule has 0 unspecified atom stereocenters. The van der Waals surface area contributed by atoms with Crippen molar-refractivity contribution in [2.75, 3.05) is 49.8 Å². The average molecular weight is 427 g/mol. The van der Waals surface area contributed by atoms with E-state index in [2.05, 4.69) is 30.3 Å². The zero-order chi connectivity index (χ0) is 22.1. The third-order valence-electron chi connectivity index (χ3n) is 5.20. The van der Waals surface area contributed by atoms with Crippen LogP contribution in [0.1, 0.15) is 12.5 Å². The zero-order valence-corrected chi connectivity index (χ0v) is 17.9. The van der Waals surface area contributed by atoms with Gasteiger partial charge in [0, 0.05) is 37.3 Å². The number of aromatic nitrogens is 5. The molecule has 31 heavy (non-hydrogen) atoms. The lowest BCUT2D eigenvalue weighted by atomic mass is 10.2. The van der Waals surface area contributed by atoms with Crippen LogP contribution < -0.4 is 25.4 Å². The van der Waals surface area contributed by atoms with Gasteiger partial charge in [0.05, 0.1) is 20.4 Å². The molecule has 12 nitrogen and oxygen atoms in total. The highest BCUT2D eigenvalue weighted by atomic mass is 16.5. The molecule has 164 valence electrons. The van der Waals surface area contributed by atoms with Crippen molar-refractivity contribution in [2.24, 2.45) is 0 Å². The fourth-order valence-electron chi connectivity index (χ4n) is 3.60. The third kappa shape index (κ3) is 3.83. The van der Waals surface area contributed by atoms with E-state index in [0.29, 0.717) is 42.8 Å². The summed E-state index contributed by atoms with van der Waals surface area (Å²) in [6, 6.07) is 3.11. The molecule has 0 spiro atoms. The van der Waals surface area contributed by atoms with E-state index >= 15 is 0 Å². The Morgan fingerprint density at radius 3 is 2.71 bits per heavy atom. The van der Waals surface area contributed by atoms with Crippen LogP contribution in [-0.2, 0) is 0 Å². The molecule has 0 radical (unpaired) electrons. The molecule has 1 atom stereocenters. The maximum Gasteiger partial charge on any atom is 0.322 e. The molecule has 0 saturated carbocycles. The molecule has 1 saturated heterocycles. The zero-order valence-electron chi connectivity index (χ0n) is 17.9. The van der Waals surface area contributed by atoms with E-state index in [4.69, 9.17) is 15.2 Å². The van der Waals surface area contributed by atoms with E-state index < -0.39 is 0 Å². The summed E-state index contributed by atoms with van der Waals surface area (Å²) < 4.78 is 12.0. The molecule has 0 aliphatic carbocycles. The predicted molar refractivity (Wildman–Crippen MR) is 115 cm³/mol. The number of fused-ring (bicyclic) bond motifs is 1. The molecular weight excluding hydrogens is 402 g/mol. The molecule has 3 aromatic heterocycles. The standard InChI is InChI=1S/C19H25N9O3/c1-11-9-21-28-15(11)24-17(20)25-18(28)27-8-7-26(10-12(27)2)19(29)22-13-5-6-14(30-3)23-16(13)31-4/h5-6,9,12H,7-8,10H2,1-4H3,(H2,20,24)(H,22,29)/t12-/m0/s1. The molecule has 3 aromatic rings. The fourth-order valence-corrected chi connectivity index (χ4v) is 3.60. The second-order valence-electron chi connectivity index (χ2n) is 7.27. The number of nitrogen functional groups attached to an aromatic ring is 1. The highest BCUT2D eigenvalue weighted by Gasteiger charge is 2.30. The summed E-state index contributed by atoms with van der Waals surface area (Å²) in [5.74, 6) is 1.50. The van der Waals surface area contributed by atoms with Crippen LogP contribution in [0.25, 0.3) is 5.65 Å². The van der Waals surface area contributed by atoms with E-state index in [-0.39, 0.29) is 23.9 Å². The Bertz CT molecular complexity index is 1120. The highest BCUT2D eigenvalue weighted by molar-refractivity contribution is 5.90. The minimum Gasteiger partial charge on any atom is -0.481 e. The summed E-state index contributed by atoms with van der Waals surface area (Å²) in [4.78, 5) is 29.6. The number of nitrogens with one attached hydrogen (secondary N) is 1. The quantitative estimate of drug-likeness (QED) is 0.629. The lowest BCUT2D eigenvalue weighted by Crippen LogP contribution is -2.55. The molecule has 2 amide bonds. The van der Waals surface area contributed by atoms with Crippen molar-refractivity contribution >= 4 is 29.3 Å². The van der Waals surface area contributed by atoms with Crippen LogP contribution in [0.15, 0.2) is 18.3 Å². The molecule has 0 aromatic carbocycles. The number of pyridine rings is 1. The Balaban J connectivity index is 1.49. The van der Waals surface area contributed by atoms with Crippen LogP contribution in [-0.4, -0.2) is 75.4 Å². The first-order valence-electron chi connectivity index (χ1n) is 9.80. The minimum absolute atomic E-state index is 0.0163. The summed E-state index contributed by atoms with van der Waals surface area (Å²) in [5.41, 5.74) is 7.99. The van der Waals surface area contributed by atoms with Gasteiger partial charge in [0.15, 0.2) is 5.65 Å². The lowest BCUT2D eigenvalue weighted by molar-refractivity contribution is 0.199. The Morgan fingerprint density at radius 2 is 2.00 bits per heavy atom. The Labute approximate surface area is 179 Å². The number of anilines is 3. The predicted octanol–water partition coefficient (Wildman–Crippen LogP) is 1.17. The number of nitrogens with two attached hydrogens (primary N) is 1. The van der Waals surface area contributed by atoms with E-state index in [0.717, 1.165) is 5.56 Å². The monoisotopic (exact) mass is 427 g/mol. The number of methoxy groups -OCH3 is 2. The molecule has 1 aliphatic heterocycles. The van der Waals surface area contributed by atoms with Crippen molar-refractivity contribution in [3.8, 4) is 11.8 Å². The van der Waals surface area contributed by atoms with Gasteiger partial charge in [-0.05, 0) is 19.9 Å². The molecule has 12 heteroatoms. The van der Waals surface area contributed by atoms with Crippen molar-refractivity contribution in [1.29, 1.82) is 0 Å². The normalized spacial score (nSPS) is 16.5. The number of urea groups is 1. The van der Waals surface area contributed by atoms with Crippen molar-refractivity contribution in [1.82, 2.24) is 29.5 Å². The van der Waals surface area contributed by atoms with Gasteiger partial charge >= 0.3 is 6.03 Å². The molecular formula is C19H25N9O3. The second kappa shape index (κ2) is 8.13. The van der Waals surface area contributed by atoms with Gasteiger partial charge in [-0.2, -0.15) is 24.6 Å². The van der Waals surface area contributed by atoms with E-state index in [1.54, 1.807) is 27.7 Å². The maximum absolute atomic E-state index is 12.9. The first kappa shape index (κ1) is 20.4. The van der Waals surface area contributed by atoms with Gasteiger partial charge in [0.25, 0.3) is 0 Å². The van der Waals surface area contributed by atoms with E-state index in [1.165, 1.54) is 14.2 Å². The number of piperazine rings is 1. The Hall–Kier alpha value is -3.83. The largest absolute Gasteiger partial charge is 0.481 e. The van der Waals surface area contributed by atoms with Crippen molar-refractivity contribution in [3.05, 3.63) is 23.9 Å². The lowest BCUT2D eigenvalue weighted by Gasteiger charge is -2.40. The van der Waals surface area contributed by atoms with Gasteiger partial charge in [0.2, 0.25) is 23.7 Å². The average Bonchev–Trinajstić information content (AvgIpc) is 3.14. The van der Waals surface area contributed by atoms with Crippen LogP contribution in [0.4, 0.5) is 22.4 Å². The summed E-state index contributed by atoms with van der Waals surface area (Å²) in [5, 5.41) is 7.24. The number of ether oxygens (including phenoxy) is 2. The molecule has 4 heterocycles. The maximum atomic E-state index is 12.9. The second-order valence-corrected chi connectivity index (χ2v) is 7.27. The van der Waals surface area contributed by atoms with Crippen LogP contribution in [0, 0.1) is 6.92 Å². The number of hydrogen-bond acceptors (Lipinski definition) is 9. The van der Waals surface area contributed by atoms with Gasteiger partial charge in [0.1, 0.15) is 5.69 Å². The highest BCUT2D eigenvalue weighted by Crippen LogP contribution is 2.26. The molecule has 1 fully saturated rings. The van der Waals surface area contributed by atoms with Crippen LogP contribution >= 0.6 is 0 Å². The summed E-state index contributed by atoms with van der Waals surface area (Å²) in [6.07, 6.45) is 1.73. The van der Waals surface area contributed by atoms with Crippen LogP contribution in [0.2, 0.25) is 0 Å². The van der Waals surface area contributed by atoms with Gasteiger partial charge in [-0.3, -0.25) is 0 Å². The summed E-state index contributed by atoms with van der Waals surface area (Å²) in [7, 11) is 3.01. The minimum atomic E-state index is -0.237. The van der Waals surface area contributed by atoms with Crippen molar-refractivity contribution < 1.29 is 14.3 Å². The van der Waals surface area contributed by atoms with Gasteiger partial charge < -0.3 is 30.3 Å². The number of carbonyl (C=O) groups excluding carboxylic acids is 1. The number of aryl methyl sites for hydroxylation is 1.